The normalized spacial score (nSPS) is 26.5. The molecule has 2 aliphatic heterocycles. The molecular weight excluding hydrogens is 272 g/mol. The highest BCUT2D eigenvalue weighted by atomic mass is 16.2. The largest absolute Gasteiger partial charge is 0.342 e. The third kappa shape index (κ3) is 4.10. The van der Waals surface area contributed by atoms with Crippen LogP contribution in [-0.2, 0) is 11.3 Å². The molecule has 0 aliphatic carbocycles. The Bertz CT molecular complexity index is 466. The molecule has 120 valence electrons. The Morgan fingerprint density at radius 3 is 2.50 bits per heavy atom. The topological polar surface area (TPSA) is 24.8 Å². The lowest BCUT2D eigenvalue weighted by Crippen LogP contribution is -3.12. The quantitative estimate of drug-likeness (QED) is 0.906. The van der Waals surface area contributed by atoms with E-state index in [1.54, 1.807) is 4.90 Å². The van der Waals surface area contributed by atoms with Crippen molar-refractivity contribution in [1.29, 1.82) is 0 Å². The van der Waals surface area contributed by atoms with E-state index in [4.69, 9.17) is 0 Å². The zero-order valence-corrected chi connectivity index (χ0v) is 13.6. The smallest absolute Gasteiger partial charge is 0.231 e. The van der Waals surface area contributed by atoms with E-state index in [2.05, 4.69) is 35.2 Å². The number of piperidine rings is 1. The van der Waals surface area contributed by atoms with Crippen molar-refractivity contribution in [3.8, 4) is 0 Å². The number of quaternary nitrogens is 1. The second-order valence-corrected chi connectivity index (χ2v) is 6.95. The monoisotopic (exact) mass is 301 g/mol. The minimum atomic E-state index is 0.255. The minimum absolute atomic E-state index is 0.255. The molecule has 2 aliphatic rings. The maximum absolute atomic E-state index is 12.8. The fourth-order valence-electron chi connectivity index (χ4n) is 3.96. The molecule has 2 atom stereocenters. The maximum atomic E-state index is 12.8. The van der Waals surface area contributed by atoms with Crippen molar-refractivity contribution >= 4 is 5.91 Å². The average Bonchev–Trinajstić information content (AvgIpc) is 2.85. The standard InChI is InChI=1S/C19H28N2O/c22-19(21-13-6-1-2-7-14-21)18-11-8-12-20(16-18)15-17-9-4-3-5-10-17/h3-5,9-10,18H,1-2,6-8,11-16H2/p+1/t18-/m0/s1. The van der Waals surface area contributed by atoms with Gasteiger partial charge in [0, 0.05) is 18.7 Å². The van der Waals surface area contributed by atoms with Crippen molar-refractivity contribution in [2.75, 3.05) is 26.2 Å². The summed E-state index contributed by atoms with van der Waals surface area (Å²) in [7, 11) is 0. The van der Waals surface area contributed by atoms with E-state index in [1.807, 2.05) is 0 Å². The molecule has 1 aromatic rings. The number of rotatable bonds is 3. The molecule has 1 unspecified atom stereocenters. The van der Waals surface area contributed by atoms with Gasteiger partial charge in [-0.25, -0.2) is 0 Å². The fourth-order valence-corrected chi connectivity index (χ4v) is 3.96. The summed E-state index contributed by atoms with van der Waals surface area (Å²) in [5.74, 6) is 0.692. The number of amides is 1. The molecular formula is C19H29N2O+. The lowest BCUT2D eigenvalue weighted by atomic mass is 9.96. The molecule has 3 nitrogen and oxygen atoms in total. The first kappa shape index (κ1) is 15.5. The summed E-state index contributed by atoms with van der Waals surface area (Å²) in [4.78, 5) is 16.5. The summed E-state index contributed by atoms with van der Waals surface area (Å²) in [6, 6.07) is 10.7. The highest BCUT2D eigenvalue weighted by molar-refractivity contribution is 5.79. The van der Waals surface area contributed by atoms with Crippen molar-refractivity contribution in [3.63, 3.8) is 0 Å². The van der Waals surface area contributed by atoms with Gasteiger partial charge in [-0.1, -0.05) is 43.2 Å². The van der Waals surface area contributed by atoms with Crippen molar-refractivity contribution in [2.45, 2.75) is 45.1 Å². The molecule has 0 aromatic heterocycles. The van der Waals surface area contributed by atoms with Crippen LogP contribution in [0.5, 0.6) is 0 Å². The average molecular weight is 301 g/mol. The maximum Gasteiger partial charge on any atom is 0.231 e. The molecule has 2 heterocycles. The van der Waals surface area contributed by atoms with Crippen LogP contribution in [0.3, 0.4) is 0 Å². The predicted octanol–water partition coefficient (Wildman–Crippen LogP) is 1.88. The van der Waals surface area contributed by atoms with Crippen LogP contribution in [0.4, 0.5) is 0 Å². The summed E-state index contributed by atoms with van der Waals surface area (Å²) in [5.41, 5.74) is 1.39. The van der Waals surface area contributed by atoms with E-state index in [1.165, 1.54) is 44.2 Å². The van der Waals surface area contributed by atoms with Crippen LogP contribution in [0.1, 0.15) is 44.1 Å². The van der Waals surface area contributed by atoms with Crippen LogP contribution in [0.2, 0.25) is 0 Å². The second-order valence-electron chi connectivity index (χ2n) is 6.95. The lowest BCUT2D eigenvalue weighted by Gasteiger charge is -2.32. The van der Waals surface area contributed by atoms with E-state index in [0.717, 1.165) is 32.6 Å². The Kier molecular flexibility index (Phi) is 5.49. The molecule has 1 amide bonds. The summed E-state index contributed by atoms with van der Waals surface area (Å²) in [6.07, 6.45) is 7.25. The SMILES string of the molecule is O=C([C@H]1CCC[NH+](Cc2ccccc2)C1)N1CCCCCC1. The van der Waals surface area contributed by atoms with Crippen molar-refractivity contribution in [3.05, 3.63) is 35.9 Å². The van der Waals surface area contributed by atoms with E-state index < -0.39 is 0 Å². The molecule has 3 rings (SSSR count). The number of benzene rings is 1. The summed E-state index contributed by atoms with van der Waals surface area (Å²) < 4.78 is 0. The highest BCUT2D eigenvalue weighted by Crippen LogP contribution is 2.16. The van der Waals surface area contributed by atoms with Crippen LogP contribution in [0.15, 0.2) is 30.3 Å². The zero-order chi connectivity index (χ0) is 15.2. The second kappa shape index (κ2) is 7.77. The third-order valence-corrected chi connectivity index (χ3v) is 5.18. The first-order valence-electron chi connectivity index (χ1n) is 8.99. The van der Waals surface area contributed by atoms with E-state index in [-0.39, 0.29) is 5.92 Å². The van der Waals surface area contributed by atoms with Gasteiger partial charge in [-0.2, -0.15) is 0 Å². The van der Waals surface area contributed by atoms with E-state index in [9.17, 15) is 4.79 Å². The first-order valence-corrected chi connectivity index (χ1v) is 8.99. The molecule has 0 saturated carbocycles. The Morgan fingerprint density at radius 2 is 1.77 bits per heavy atom. The van der Waals surface area contributed by atoms with Crippen LogP contribution < -0.4 is 4.90 Å². The molecule has 3 heteroatoms. The lowest BCUT2D eigenvalue weighted by molar-refractivity contribution is -0.921. The van der Waals surface area contributed by atoms with Crippen LogP contribution in [0.25, 0.3) is 0 Å². The highest BCUT2D eigenvalue weighted by Gasteiger charge is 2.31. The Hall–Kier alpha value is -1.35. The van der Waals surface area contributed by atoms with Gasteiger partial charge in [-0.3, -0.25) is 4.79 Å². The fraction of sp³-hybridized carbons (Fsp3) is 0.632. The van der Waals surface area contributed by atoms with Gasteiger partial charge in [0.15, 0.2) is 0 Å². The van der Waals surface area contributed by atoms with Crippen LogP contribution >= 0.6 is 0 Å². The predicted molar refractivity (Wildman–Crippen MR) is 88.6 cm³/mol. The number of carbonyl (C=O) groups is 1. The molecule has 2 saturated heterocycles. The Labute approximate surface area is 134 Å². The molecule has 22 heavy (non-hydrogen) atoms. The molecule has 1 N–H and O–H groups in total. The van der Waals surface area contributed by atoms with Crippen LogP contribution in [-0.4, -0.2) is 37.0 Å². The van der Waals surface area contributed by atoms with Crippen molar-refractivity contribution in [1.82, 2.24) is 4.90 Å². The number of likely N-dealkylation sites (tertiary alicyclic amines) is 2. The summed E-state index contributed by atoms with van der Waals surface area (Å²) in [6.45, 7) is 5.26. The molecule has 0 spiro atoms. The van der Waals surface area contributed by atoms with Gasteiger partial charge in [0.05, 0.1) is 19.0 Å². The third-order valence-electron chi connectivity index (χ3n) is 5.18. The van der Waals surface area contributed by atoms with Gasteiger partial charge in [0.1, 0.15) is 6.54 Å². The van der Waals surface area contributed by atoms with Gasteiger partial charge >= 0.3 is 0 Å². The van der Waals surface area contributed by atoms with Gasteiger partial charge < -0.3 is 9.80 Å². The van der Waals surface area contributed by atoms with E-state index >= 15 is 0 Å². The number of hydrogen-bond donors (Lipinski definition) is 1. The molecule has 1 aromatic carbocycles. The molecule has 0 radical (unpaired) electrons. The number of nitrogens with zero attached hydrogens (tertiary/aromatic N) is 1. The molecule has 2 fully saturated rings. The zero-order valence-electron chi connectivity index (χ0n) is 13.6. The van der Waals surface area contributed by atoms with Crippen molar-refractivity contribution in [2.24, 2.45) is 5.92 Å². The van der Waals surface area contributed by atoms with Gasteiger partial charge in [0.25, 0.3) is 0 Å². The van der Waals surface area contributed by atoms with E-state index in [0.29, 0.717) is 5.91 Å². The summed E-state index contributed by atoms with van der Waals surface area (Å²) >= 11 is 0. The van der Waals surface area contributed by atoms with Crippen molar-refractivity contribution < 1.29 is 9.69 Å². The number of hydrogen-bond acceptors (Lipinski definition) is 1. The summed E-state index contributed by atoms with van der Waals surface area (Å²) in [5, 5.41) is 0. The number of nitrogens with one attached hydrogen (secondary N) is 1. The minimum Gasteiger partial charge on any atom is -0.342 e. The Morgan fingerprint density at radius 1 is 1.05 bits per heavy atom. The first-order chi connectivity index (χ1) is 10.8. The van der Waals surface area contributed by atoms with Crippen LogP contribution in [0, 0.1) is 5.92 Å². The number of carbonyl (C=O) groups excluding carboxylic acids is 1. The van der Waals surface area contributed by atoms with Gasteiger partial charge in [0.2, 0.25) is 5.91 Å². The Balaban J connectivity index is 1.56. The van der Waals surface area contributed by atoms with Gasteiger partial charge in [-0.15, -0.1) is 0 Å². The molecule has 0 bridgehead atoms. The van der Waals surface area contributed by atoms with Gasteiger partial charge in [-0.05, 0) is 25.7 Å².